The van der Waals surface area contributed by atoms with E-state index in [2.05, 4.69) is 6.92 Å². The van der Waals surface area contributed by atoms with E-state index in [1.54, 1.807) is 11.3 Å². The predicted octanol–water partition coefficient (Wildman–Crippen LogP) is 3.62. The van der Waals surface area contributed by atoms with Crippen molar-refractivity contribution in [2.75, 3.05) is 0 Å². The van der Waals surface area contributed by atoms with Crippen LogP contribution in [0, 0.1) is 11.8 Å². The lowest BCUT2D eigenvalue weighted by Crippen LogP contribution is -2.01. The average molecular weight is 245 g/mol. The van der Waals surface area contributed by atoms with Gasteiger partial charge in [0, 0.05) is 4.88 Å². The Labute approximate surface area is 97.9 Å². The number of thiophene rings is 1. The molecular weight excluding hydrogens is 232 g/mol. The first kappa shape index (κ1) is 11.0. The van der Waals surface area contributed by atoms with E-state index in [-0.39, 0.29) is 5.92 Å². The van der Waals surface area contributed by atoms with Crippen molar-refractivity contribution in [2.24, 2.45) is 11.8 Å². The standard InChI is InChI=1S/C11H13ClO2S/c1-6(9-2-3-10(12)15-9)4-7-5-8(7)11(13)14/h2-3,6-8H,4-5H2,1H3,(H,13,14). The van der Waals surface area contributed by atoms with Crippen molar-refractivity contribution in [1.82, 2.24) is 0 Å². The number of rotatable bonds is 4. The molecule has 1 aliphatic rings. The van der Waals surface area contributed by atoms with Gasteiger partial charge in [0.25, 0.3) is 0 Å². The second-order valence-corrected chi connectivity index (χ2v) is 5.97. The van der Waals surface area contributed by atoms with Gasteiger partial charge in [0.05, 0.1) is 10.3 Å². The van der Waals surface area contributed by atoms with E-state index < -0.39 is 5.97 Å². The van der Waals surface area contributed by atoms with Gasteiger partial charge in [0.1, 0.15) is 0 Å². The molecule has 1 heterocycles. The van der Waals surface area contributed by atoms with Gasteiger partial charge in [0.2, 0.25) is 0 Å². The Kier molecular flexibility index (Phi) is 3.03. The number of carboxylic acids is 1. The highest BCUT2D eigenvalue weighted by atomic mass is 35.5. The monoisotopic (exact) mass is 244 g/mol. The molecule has 82 valence electrons. The Morgan fingerprint density at radius 2 is 2.47 bits per heavy atom. The third-order valence-electron chi connectivity index (χ3n) is 2.98. The SMILES string of the molecule is CC(CC1CC1C(=O)O)c1ccc(Cl)s1. The summed E-state index contributed by atoms with van der Waals surface area (Å²) in [6, 6.07) is 3.94. The first-order valence-electron chi connectivity index (χ1n) is 5.06. The average Bonchev–Trinajstić information content (AvgIpc) is 2.79. The summed E-state index contributed by atoms with van der Waals surface area (Å²) in [6.45, 7) is 2.14. The van der Waals surface area contributed by atoms with E-state index in [0.717, 1.165) is 17.2 Å². The molecule has 1 aromatic rings. The third-order valence-corrected chi connectivity index (χ3v) is 4.44. The summed E-state index contributed by atoms with van der Waals surface area (Å²) in [7, 11) is 0. The van der Waals surface area contributed by atoms with Crippen LogP contribution in [0.3, 0.4) is 0 Å². The van der Waals surface area contributed by atoms with E-state index in [4.69, 9.17) is 16.7 Å². The summed E-state index contributed by atoms with van der Waals surface area (Å²) in [5.74, 6) is 0.0644. The van der Waals surface area contributed by atoms with Gasteiger partial charge < -0.3 is 5.11 Å². The molecule has 3 unspecified atom stereocenters. The van der Waals surface area contributed by atoms with Crippen LogP contribution >= 0.6 is 22.9 Å². The van der Waals surface area contributed by atoms with Crippen molar-refractivity contribution in [3.05, 3.63) is 21.3 Å². The smallest absolute Gasteiger partial charge is 0.306 e. The van der Waals surface area contributed by atoms with Crippen LogP contribution in [-0.2, 0) is 4.79 Å². The van der Waals surface area contributed by atoms with Crippen molar-refractivity contribution < 1.29 is 9.90 Å². The van der Waals surface area contributed by atoms with Crippen LogP contribution < -0.4 is 0 Å². The zero-order valence-corrected chi connectivity index (χ0v) is 10.0. The molecule has 0 amide bonds. The number of hydrogen-bond acceptors (Lipinski definition) is 2. The number of halogens is 1. The Morgan fingerprint density at radius 1 is 1.73 bits per heavy atom. The molecule has 2 nitrogen and oxygen atoms in total. The molecule has 1 aliphatic carbocycles. The number of hydrogen-bond donors (Lipinski definition) is 1. The lowest BCUT2D eigenvalue weighted by Gasteiger charge is -2.07. The second-order valence-electron chi connectivity index (χ2n) is 4.22. The fraction of sp³-hybridized carbons (Fsp3) is 0.545. The Hall–Kier alpha value is -0.540. The maximum Gasteiger partial charge on any atom is 0.306 e. The van der Waals surface area contributed by atoms with Crippen molar-refractivity contribution in [3.63, 3.8) is 0 Å². The number of carbonyl (C=O) groups is 1. The summed E-state index contributed by atoms with van der Waals surface area (Å²) in [5.41, 5.74) is 0. The molecule has 15 heavy (non-hydrogen) atoms. The summed E-state index contributed by atoms with van der Waals surface area (Å²) in [5, 5.41) is 8.79. The molecule has 3 atom stereocenters. The van der Waals surface area contributed by atoms with Gasteiger partial charge in [0.15, 0.2) is 0 Å². The lowest BCUT2D eigenvalue weighted by molar-refractivity contribution is -0.138. The van der Waals surface area contributed by atoms with Gasteiger partial charge in [-0.25, -0.2) is 0 Å². The van der Waals surface area contributed by atoms with Crippen molar-refractivity contribution in [3.8, 4) is 0 Å². The summed E-state index contributed by atoms with van der Waals surface area (Å²) < 4.78 is 0.808. The Bertz CT molecular complexity index is 374. The molecule has 2 rings (SSSR count). The van der Waals surface area contributed by atoms with Crippen LogP contribution in [0.5, 0.6) is 0 Å². The Morgan fingerprint density at radius 3 is 2.93 bits per heavy atom. The minimum atomic E-state index is -0.642. The molecular formula is C11H13ClO2S. The molecule has 0 bridgehead atoms. The van der Waals surface area contributed by atoms with Gasteiger partial charge in [-0.2, -0.15) is 0 Å². The molecule has 1 saturated carbocycles. The van der Waals surface area contributed by atoms with E-state index in [0.29, 0.717) is 11.8 Å². The summed E-state index contributed by atoms with van der Waals surface area (Å²) in [6.07, 6.45) is 1.81. The first-order chi connectivity index (χ1) is 7.08. The fourth-order valence-corrected chi connectivity index (χ4v) is 3.10. The lowest BCUT2D eigenvalue weighted by atomic mass is 10.0. The second kappa shape index (κ2) is 4.14. The van der Waals surface area contributed by atoms with E-state index in [1.807, 2.05) is 12.1 Å². The molecule has 0 aliphatic heterocycles. The van der Waals surface area contributed by atoms with Gasteiger partial charge >= 0.3 is 5.97 Å². The molecule has 4 heteroatoms. The zero-order valence-electron chi connectivity index (χ0n) is 8.44. The molecule has 0 radical (unpaired) electrons. The summed E-state index contributed by atoms with van der Waals surface area (Å²) in [4.78, 5) is 11.9. The van der Waals surface area contributed by atoms with Crippen molar-refractivity contribution in [2.45, 2.75) is 25.7 Å². The minimum absolute atomic E-state index is 0.0946. The summed E-state index contributed by atoms with van der Waals surface area (Å²) >= 11 is 7.45. The predicted molar refractivity (Wildman–Crippen MR) is 61.6 cm³/mol. The topological polar surface area (TPSA) is 37.3 Å². The maximum absolute atomic E-state index is 10.7. The molecule has 0 spiro atoms. The van der Waals surface area contributed by atoms with Crippen molar-refractivity contribution >= 4 is 28.9 Å². The minimum Gasteiger partial charge on any atom is -0.481 e. The first-order valence-corrected chi connectivity index (χ1v) is 6.25. The number of carboxylic acid groups (broad SMARTS) is 1. The van der Waals surface area contributed by atoms with Crippen molar-refractivity contribution in [1.29, 1.82) is 0 Å². The highest BCUT2D eigenvalue weighted by Gasteiger charge is 2.43. The highest BCUT2D eigenvalue weighted by Crippen LogP contribution is 2.46. The normalized spacial score (nSPS) is 26.3. The van der Waals surface area contributed by atoms with Gasteiger partial charge in [-0.1, -0.05) is 18.5 Å². The molecule has 1 fully saturated rings. The molecule has 0 aromatic carbocycles. The fourth-order valence-electron chi connectivity index (χ4n) is 1.97. The van der Waals surface area contributed by atoms with Gasteiger partial charge in [-0.3, -0.25) is 4.79 Å². The number of aliphatic carboxylic acids is 1. The largest absolute Gasteiger partial charge is 0.481 e. The van der Waals surface area contributed by atoms with E-state index >= 15 is 0 Å². The third kappa shape index (κ3) is 2.52. The molecule has 0 saturated heterocycles. The van der Waals surface area contributed by atoms with Gasteiger partial charge in [-0.15, -0.1) is 11.3 Å². The van der Waals surface area contributed by atoms with E-state index in [1.165, 1.54) is 4.88 Å². The van der Waals surface area contributed by atoms with E-state index in [9.17, 15) is 4.79 Å². The van der Waals surface area contributed by atoms with Crippen LogP contribution in [0.2, 0.25) is 4.34 Å². The van der Waals surface area contributed by atoms with Crippen LogP contribution in [0.15, 0.2) is 12.1 Å². The maximum atomic E-state index is 10.7. The molecule has 1 N–H and O–H groups in total. The van der Waals surface area contributed by atoms with Crippen LogP contribution in [0.25, 0.3) is 0 Å². The van der Waals surface area contributed by atoms with Crippen LogP contribution in [0.4, 0.5) is 0 Å². The van der Waals surface area contributed by atoms with Crippen LogP contribution in [-0.4, -0.2) is 11.1 Å². The molecule has 1 aromatic heterocycles. The Balaban J connectivity index is 1.89. The highest BCUT2D eigenvalue weighted by molar-refractivity contribution is 7.16. The zero-order chi connectivity index (χ0) is 11.0. The van der Waals surface area contributed by atoms with Gasteiger partial charge in [-0.05, 0) is 36.8 Å². The quantitative estimate of drug-likeness (QED) is 0.879. The van der Waals surface area contributed by atoms with Crippen LogP contribution in [0.1, 0.15) is 30.6 Å².